The molecule has 0 aliphatic carbocycles. The summed E-state index contributed by atoms with van der Waals surface area (Å²) in [6.45, 7) is 0.248. The molecule has 0 saturated carbocycles. The molecule has 0 N–H and O–H groups in total. The fraction of sp³-hybridized carbons (Fsp3) is 0.0952. The predicted molar refractivity (Wildman–Crippen MR) is 107 cm³/mol. The molecule has 0 unspecified atom stereocenters. The van der Waals surface area contributed by atoms with Crippen molar-refractivity contribution in [2.24, 2.45) is 7.05 Å². The van der Waals surface area contributed by atoms with Gasteiger partial charge in [-0.2, -0.15) is 4.52 Å². The summed E-state index contributed by atoms with van der Waals surface area (Å²) in [6.07, 6.45) is 1.64. The summed E-state index contributed by atoms with van der Waals surface area (Å²) in [4.78, 5) is 0. The van der Waals surface area contributed by atoms with Crippen LogP contribution in [0.3, 0.4) is 0 Å². The summed E-state index contributed by atoms with van der Waals surface area (Å²) < 4.78 is 9.59. The van der Waals surface area contributed by atoms with Crippen LogP contribution in [0.2, 0.25) is 0 Å². The zero-order chi connectivity index (χ0) is 19.6. The molecule has 2 aromatic carbocycles. The summed E-state index contributed by atoms with van der Waals surface area (Å²) in [7, 11) is 1.88. The third-order valence-corrected chi connectivity index (χ3v) is 4.62. The van der Waals surface area contributed by atoms with Gasteiger partial charge in [-0.05, 0) is 11.6 Å². The lowest BCUT2D eigenvalue weighted by Crippen LogP contribution is -2.07. The van der Waals surface area contributed by atoms with Crippen molar-refractivity contribution in [2.45, 2.75) is 6.61 Å². The van der Waals surface area contributed by atoms with Crippen LogP contribution in [0, 0.1) is 0 Å². The molecule has 8 heteroatoms. The van der Waals surface area contributed by atoms with Crippen LogP contribution >= 0.6 is 0 Å². The number of hydrogen-bond donors (Lipinski definition) is 0. The quantitative estimate of drug-likeness (QED) is 0.464. The highest BCUT2D eigenvalue weighted by Crippen LogP contribution is 2.30. The van der Waals surface area contributed by atoms with Crippen LogP contribution in [-0.2, 0) is 13.7 Å². The standard InChI is InChI=1S/C21H17N7O/c1-27-14-22-23-19(27)13-29-21-17(15-8-4-2-5-9-15)12-18-24-25-20(28(18)26-21)16-10-6-3-7-11-16/h2-12,14H,13H2,1H3. The molecule has 0 saturated heterocycles. The van der Waals surface area contributed by atoms with Crippen molar-refractivity contribution in [1.82, 2.24) is 34.6 Å². The summed E-state index contributed by atoms with van der Waals surface area (Å²) in [5.41, 5.74) is 3.40. The monoisotopic (exact) mass is 383 g/mol. The van der Waals surface area contributed by atoms with E-state index in [4.69, 9.17) is 9.84 Å². The van der Waals surface area contributed by atoms with E-state index in [1.807, 2.05) is 78.3 Å². The van der Waals surface area contributed by atoms with E-state index in [9.17, 15) is 0 Å². The second-order valence-electron chi connectivity index (χ2n) is 6.54. The van der Waals surface area contributed by atoms with Crippen molar-refractivity contribution in [2.75, 3.05) is 0 Å². The van der Waals surface area contributed by atoms with E-state index in [1.54, 1.807) is 10.8 Å². The van der Waals surface area contributed by atoms with Crippen molar-refractivity contribution >= 4 is 5.65 Å². The van der Waals surface area contributed by atoms with Gasteiger partial charge in [-0.15, -0.1) is 25.5 Å². The molecule has 3 heterocycles. The highest BCUT2D eigenvalue weighted by Gasteiger charge is 2.16. The fourth-order valence-corrected chi connectivity index (χ4v) is 3.09. The molecule has 0 spiro atoms. The number of rotatable bonds is 5. The third kappa shape index (κ3) is 3.20. The zero-order valence-electron chi connectivity index (χ0n) is 15.7. The van der Waals surface area contributed by atoms with E-state index in [0.29, 0.717) is 23.2 Å². The predicted octanol–water partition coefficient (Wildman–Crippen LogP) is 3.17. The maximum absolute atomic E-state index is 6.07. The first-order valence-electron chi connectivity index (χ1n) is 9.12. The van der Waals surface area contributed by atoms with Gasteiger partial charge in [0, 0.05) is 18.2 Å². The summed E-state index contributed by atoms with van der Waals surface area (Å²) in [5.74, 6) is 1.84. The third-order valence-electron chi connectivity index (χ3n) is 4.62. The van der Waals surface area contributed by atoms with Crippen molar-refractivity contribution in [3.05, 3.63) is 78.9 Å². The van der Waals surface area contributed by atoms with Gasteiger partial charge in [0.1, 0.15) is 12.9 Å². The van der Waals surface area contributed by atoms with E-state index in [2.05, 4.69) is 20.4 Å². The normalized spacial score (nSPS) is 11.1. The van der Waals surface area contributed by atoms with Crippen molar-refractivity contribution in [1.29, 1.82) is 0 Å². The lowest BCUT2D eigenvalue weighted by molar-refractivity contribution is 0.277. The number of hydrogen-bond acceptors (Lipinski definition) is 6. The Labute approximate surface area is 166 Å². The minimum absolute atomic E-state index is 0.248. The molecule has 142 valence electrons. The summed E-state index contributed by atoms with van der Waals surface area (Å²) >= 11 is 0. The smallest absolute Gasteiger partial charge is 0.240 e. The van der Waals surface area contributed by atoms with Gasteiger partial charge in [-0.1, -0.05) is 60.7 Å². The van der Waals surface area contributed by atoms with Crippen LogP contribution in [0.25, 0.3) is 28.2 Å². The Morgan fingerprint density at radius 3 is 2.28 bits per heavy atom. The average Bonchev–Trinajstić information content (AvgIpc) is 3.38. The number of ether oxygens (including phenoxy) is 1. The lowest BCUT2D eigenvalue weighted by Gasteiger charge is -2.11. The number of aromatic nitrogens is 7. The fourth-order valence-electron chi connectivity index (χ4n) is 3.09. The van der Waals surface area contributed by atoms with E-state index in [0.717, 1.165) is 16.7 Å². The molecule has 0 amide bonds. The Hall–Kier alpha value is -4.07. The minimum atomic E-state index is 0.248. The number of nitrogens with zero attached hydrogens (tertiary/aromatic N) is 7. The first-order valence-corrected chi connectivity index (χ1v) is 9.12. The second kappa shape index (κ2) is 7.16. The molecular weight excluding hydrogens is 366 g/mol. The van der Waals surface area contributed by atoms with Gasteiger partial charge >= 0.3 is 0 Å². The second-order valence-corrected chi connectivity index (χ2v) is 6.54. The van der Waals surface area contributed by atoms with Gasteiger partial charge in [0.05, 0.1) is 0 Å². The lowest BCUT2D eigenvalue weighted by atomic mass is 10.1. The molecule has 8 nitrogen and oxygen atoms in total. The summed E-state index contributed by atoms with van der Waals surface area (Å²) in [5, 5.41) is 21.4. The molecule has 0 atom stereocenters. The molecular formula is C21H17N7O. The molecule has 3 aromatic heterocycles. The minimum Gasteiger partial charge on any atom is -0.468 e. The SMILES string of the molecule is Cn1cnnc1COc1nn2c(-c3ccccc3)nnc2cc1-c1ccccc1. The van der Waals surface area contributed by atoms with Crippen LogP contribution in [0.15, 0.2) is 73.1 Å². The topological polar surface area (TPSA) is 83.0 Å². The van der Waals surface area contributed by atoms with Crippen molar-refractivity contribution < 1.29 is 4.74 Å². The van der Waals surface area contributed by atoms with Gasteiger partial charge in [0.2, 0.25) is 5.88 Å². The molecule has 0 radical (unpaired) electrons. The van der Waals surface area contributed by atoms with Gasteiger partial charge in [-0.3, -0.25) is 0 Å². The van der Waals surface area contributed by atoms with Crippen molar-refractivity contribution in [3.8, 4) is 28.4 Å². The first-order chi connectivity index (χ1) is 14.3. The van der Waals surface area contributed by atoms with Gasteiger partial charge in [0.15, 0.2) is 17.3 Å². The van der Waals surface area contributed by atoms with Crippen LogP contribution in [0.5, 0.6) is 5.88 Å². The van der Waals surface area contributed by atoms with Crippen LogP contribution in [-0.4, -0.2) is 34.6 Å². The Bertz CT molecular complexity index is 1260. The van der Waals surface area contributed by atoms with E-state index < -0.39 is 0 Å². The number of aryl methyl sites for hydroxylation is 1. The molecule has 0 aliphatic heterocycles. The highest BCUT2D eigenvalue weighted by atomic mass is 16.5. The van der Waals surface area contributed by atoms with E-state index >= 15 is 0 Å². The molecule has 0 fully saturated rings. The molecule has 5 rings (SSSR count). The van der Waals surface area contributed by atoms with E-state index in [-0.39, 0.29) is 6.61 Å². The maximum atomic E-state index is 6.07. The molecule has 29 heavy (non-hydrogen) atoms. The Morgan fingerprint density at radius 1 is 0.862 bits per heavy atom. The Kier molecular flexibility index (Phi) is 4.21. The molecule has 0 aliphatic rings. The Morgan fingerprint density at radius 2 is 1.59 bits per heavy atom. The number of benzene rings is 2. The van der Waals surface area contributed by atoms with Crippen LogP contribution in [0.4, 0.5) is 0 Å². The average molecular weight is 383 g/mol. The summed E-state index contributed by atoms with van der Waals surface area (Å²) in [6, 6.07) is 21.7. The first kappa shape index (κ1) is 17.1. The largest absolute Gasteiger partial charge is 0.468 e. The van der Waals surface area contributed by atoms with Gasteiger partial charge in [0.25, 0.3) is 0 Å². The maximum Gasteiger partial charge on any atom is 0.240 e. The van der Waals surface area contributed by atoms with Crippen LogP contribution < -0.4 is 4.74 Å². The highest BCUT2D eigenvalue weighted by molar-refractivity contribution is 5.72. The number of fused-ring (bicyclic) bond motifs is 1. The molecule has 0 bridgehead atoms. The molecule has 5 aromatic rings. The van der Waals surface area contributed by atoms with Crippen molar-refractivity contribution in [3.63, 3.8) is 0 Å². The van der Waals surface area contributed by atoms with E-state index in [1.165, 1.54) is 0 Å². The van der Waals surface area contributed by atoms with Crippen LogP contribution in [0.1, 0.15) is 5.82 Å². The zero-order valence-corrected chi connectivity index (χ0v) is 15.7. The van der Waals surface area contributed by atoms with Gasteiger partial charge in [-0.25, -0.2) is 0 Å². The van der Waals surface area contributed by atoms with Gasteiger partial charge < -0.3 is 9.30 Å². The Balaban J connectivity index is 1.63.